The van der Waals surface area contributed by atoms with Gasteiger partial charge in [0.2, 0.25) is 0 Å². The van der Waals surface area contributed by atoms with Crippen molar-refractivity contribution in [3.8, 4) is 0 Å². The van der Waals surface area contributed by atoms with Crippen LogP contribution in [0.15, 0.2) is 122 Å². The number of allylic oxidation sites excluding steroid dienone is 20. The number of rotatable bonds is 61. The van der Waals surface area contributed by atoms with Gasteiger partial charge in [0.15, 0.2) is 6.10 Å². The molecule has 0 rings (SSSR count). The third-order valence-corrected chi connectivity index (χ3v) is 14.4. The maximum Gasteiger partial charge on any atom is 0.306 e. The van der Waals surface area contributed by atoms with Crippen LogP contribution in [0.25, 0.3) is 0 Å². The molecule has 1 unspecified atom stereocenters. The predicted octanol–water partition coefficient (Wildman–Crippen LogP) is 23.6. The van der Waals surface area contributed by atoms with Crippen molar-refractivity contribution in [3.63, 3.8) is 0 Å². The van der Waals surface area contributed by atoms with Crippen molar-refractivity contribution in [3.05, 3.63) is 122 Å². The molecule has 6 heteroatoms. The monoisotopic (exact) mass is 1120 g/mol. The molecule has 0 aromatic rings. The van der Waals surface area contributed by atoms with Crippen molar-refractivity contribution in [1.29, 1.82) is 0 Å². The highest BCUT2D eigenvalue weighted by Gasteiger charge is 2.19. The van der Waals surface area contributed by atoms with Gasteiger partial charge in [0.1, 0.15) is 13.2 Å². The Morgan fingerprint density at radius 1 is 0.259 bits per heavy atom. The van der Waals surface area contributed by atoms with Crippen molar-refractivity contribution in [1.82, 2.24) is 0 Å². The summed E-state index contributed by atoms with van der Waals surface area (Å²) in [7, 11) is 0. The number of carbonyl (C=O) groups excluding carboxylic acids is 3. The first-order valence-corrected chi connectivity index (χ1v) is 34.0. The Morgan fingerprint density at radius 2 is 0.481 bits per heavy atom. The third kappa shape index (κ3) is 66.5. The fourth-order valence-electron chi connectivity index (χ4n) is 9.33. The zero-order valence-corrected chi connectivity index (χ0v) is 53.0. The van der Waals surface area contributed by atoms with Gasteiger partial charge in [-0.05, 0) is 135 Å². The molecule has 0 spiro atoms. The summed E-state index contributed by atoms with van der Waals surface area (Å²) < 4.78 is 16.9. The molecule has 0 fully saturated rings. The topological polar surface area (TPSA) is 78.9 Å². The normalized spacial score (nSPS) is 12.9. The lowest BCUT2D eigenvalue weighted by molar-refractivity contribution is -0.167. The van der Waals surface area contributed by atoms with Crippen molar-refractivity contribution >= 4 is 17.9 Å². The fourth-order valence-corrected chi connectivity index (χ4v) is 9.33. The summed E-state index contributed by atoms with van der Waals surface area (Å²) in [4.78, 5) is 38.4. The van der Waals surface area contributed by atoms with Crippen molar-refractivity contribution in [2.45, 2.75) is 322 Å². The van der Waals surface area contributed by atoms with E-state index in [1.165, 1.54) is 128 Å². The summed E-state index contributed by atoms with van der Waals surface area (Å²) in [5, 5.41) is 0. The van der Waals surface area contributed by atoms with Gasteiger partial charge in [-0.15, -0.1) is 0 Å². The first kappa shape index (κ1) is 76.8. The molecular weight excluding hydrogens is 997 g/mol. The van der Waals surface area contributed by atoms with Crippen LogP contribution in [-0.2, 0) is 28.6 Å². The number of unbranched alkanes of at least 4 members (excludes halogenated alkanes) is 30. The lowest BCUT2D eigenvalue weighted by atomic mass is 10.0. The molecule has 0 saturated carbocycles. The van der Waals surface area contributed by atoms with E-state index in [2.05, 4.69) is 142 Å². The quantitative estimate of drug-likeness (QED) is 0.0261. The molecule has 0 radical (unpaired) electrons. The van der Waals surface area contributed by atoms with Crippen molar-refractivity contribution in [2.75, 3.05) is 13.2 Å². The van der Waals surface area contributed by atoms with Crippen LogP contribution in [0.4, 0.5) is 0 Å². The molecule has 0 aromatic carbocycles. The number of ether oxygens (including phenoxy) is 3. The number of hydrogen-bond acceptors (Lipinski definition) is 6. The van der Waals surface area contributed by atoms with Crippen LogP contribution in [-0.4, -0.2) is 37.2 Å². The van der Waals surface area contributed by atoms with E-state index in [1.807, 2.05) is 0 Å². The van der Waals surface area contributed by atoms with Crippen LogP contribution >= 0.6 is 0 Å². The average Bonchev–Trinajstić information content (AvgIpc) is 3.47. The van der Waals surface area contributed by atoms with Crippen molar-refractivity contribution in [2.24, 2.45) is 0 Å². The van der Waals surface area contributed by atoms with Crippen LogP contribution < -0.4 is 0 Å². The summed E-state index contributed by atoms with van der Waals surface area (Å²) in [5.41, 5.74) is 0. The minimum absolute atomic E-state index is 0.0899. The Labute approximate surface area is 501 Å². The van der Waals surface area contributed by atoms with Gasteiger partial charge in [0.05, 0.1) is 0 Å². The highest BCUT2D eigenvalue weighted by Crippen LogP contribution is 2.16. The maximum absolute atomic E-state index is 12.9. The molecule has 0 bridgehead atoms. The van der Waals surface area contributed by atoms with E-state index in [0.717, 1.165) is 148 Å². The molecule has 0 N–H and O–H groups in total. The SMILES string of the molecule is CC/C=C\C/C=C\C/C=C\C/C=C\C/C=C\C/C=C\CCCCCCCCCCCCCCC(=O)OCC(COC(=O)CCCCCCC/C=C\C/C=C\CCCCCC)OC(=O)CCCCCCC/C=C\C/C=C\CCCCCC. The van der Waals surface area contributed by atoms with Crippen LogP contribution in [0.5, 0.6) is 0 Å². The summed E-state index contributed by atoms with van der Waals surface area (Å²) in [6.07, 6.45) is 94.9. The second-order valence-electron chi connectivity index (χ2n) is 22.3. The van der Waals surface area contributed by atoms with Gasteiger partial charge in [-0.1, -0.05) is 284 Å². The third-order valence-electron chi connectivity index (χ3n) is 14.4. The van der Waals surface area contributed by atoms with E-state index in [9.17, 15) is 14.4 Å². The number of esters is 3. The van der Waals surface area contributed by atoms with E-state index >= 15 is 0 Å². The Morgan fingerprint density at radius 3 is 0.753 bits per heavy atom. The second kappa shape index (κ2) is 68.3. The highest BCUT2D eigenvalue weighted by molar-refractivity contribution is 5.71. The van der Waals surface area contributed by atoms with Gasteiger partial charge in [-0.25, -0.2) is 0 Å². The maximum atomic E-state index is 12.9. The van der Waals surface area contributed by atoms with Gasteiger partial charge in [0.25, 0.3) is 0 Å². The van der Waals surface area contributed by atoms with Gasteiger partial charge >= 0.3 is 17.9 Å². The summed E-state index contributed by atoms with van der Waals surface area (Å²) in [6, 6.07) is 0. The van der Waals surface area contributed by atoms with Gasteiger partial charge < -0.3 is 14.2 Å². The van der Waals surface area contributed by atoms with E-state index in [0.29, 0.717) is 19.3 Å². The van der Waals surface area contributed by atoms with Crippen LogP contribution in [0, 0.1) is 0 Å². The molecule has 1 atom stereocenters. The molecule has 0 amide bonds. The Bertz CT molecular complexity index is 1670. The number of carbonyl (C=O) groups is 3. The predicted molar refractivity (Wildman–Crippen MR) is 353 cm³/mol. The minimum atomic E-state index is -0.796. The van der Waals surface area contributed by atoms with E-state index < -0.39 is 6.10 Å². The first-order valence-electron chi connectivity index (χ1n) is 34.0. The standard InChI is InChI=1S/C75H126O6/c1-4-7-10-13-16-19-22-25-28-31-32-33-34-35-36-37-38-39-40-41-42-43-44-45-48-50-53-56-59-62-65-68-74(77)80-71-72(81-75(78)69-66-63-60-57-54-51-47-30-27-24-21-18-15-12-9-6-3)70-79-73(76)67-64-61-58-55-52-49-46-29-26-23-20-17-14-11-8-5-2/h7,10,16,19-21,23-25,28-30,32-33,35-36,38-39,46-47,72H,4-6,8-9,11-15,17-18,22,26-27,31,34,37,40-45,48-71H2,1-3H3/b10-7-,19-16-,23-20-,24-21-,28-25-,33-32-,36-35-,39-38-,46-29-,47-30-. The van der Waals surface area contributed by atoms with Crippen LogP contribution in [0.2, 0.25) is 0 Å². The largest absolute Gasteiger partial charge is 0.462 e. The van der Waals surface area contributed by atoms with Gasteiger partial charge in [-0.2, -0.15) is 0 Å². The van der Waals surface area contributed by atoms with E-state index in [4.69, 9.17) is 14.2 Å². The molecule has 0 aliphatic rings. The lowest BCUT2D eigenvalue weighted by Gasteiger charge is -2.18. The summed E-state index contributed by atoms with van der Waals surface area (Å²) in [5.74, 6) is -0.911. The smallest absolute Gasteiger partial charge is 0.306 e. The summed E-state index contributed by atoms with van der Waals surface area (Å²) >= 11 is 0. The molecule has 0 heterocycles. The van der Waals surface area contributed by atoms with E-state index in [-0.39, 0.29) is 31.1 Å². The van der Waals surface area contributed by atoms with E-state index in [1.54, 1.807) is 0 Å². The molecule has 0 saturated heterocycles. The zero-order chi connectivity index (χ0) is 58.5. The summed E-state index contributed by atoms with van der Waals surface area (Å²) in [6.45, 7) is 6.49. The fraction of sp³-hybridized carbons (Fsp3) is 0.693. The molecule has 462 valence electrons. The van der Waals surface area contributed by atoms with Crippen molar-refractivity contribution < 1.29 is 28.6 Å². The molecular formula is C75H126O6. The zero-order valence-electron chi connectivity index (χ0n) is 53.0. The molecule has 0 aliphatic carbocycles. The van der Waals surface area contributed by atoms with Crippen LogP contribution in [0.3, 0.4) is 0 Å². The minimum Gasteiger partial charge on any atom is -0.462 e. The Hall–Kier alpha value is -4.19. The second-order valence-corrected chi connectivity index (χ2v) is 22.3. The molecule has 0 aromatic heterocycles. The lowest BCUT2D eigenvalue weighted by Crippen LogP contribution is -2.30. The Balaban J connectivity index is 4.31. The van der Waals surface area contributed by atoms with Gasteiger partial charge in [-0.3, -0.25) is 14.4 Å². The van der Waals surface area contributed by atoms with Gasteiger partial charge in [0, 0.05) is 19.3 Å². The number of hydrogen-bond donors (Lipinski definition) is 0. The first-order chi connectivity index (χ1) is 40.0. The Kier molecular flexibility index (Phi) is 64.8. The molecule has 81 heavy (non-hydrogen) atoms. The molecule has 6 nitrogen and oxygen atoms in total. The highest BCUT2D eigenvalue weighted by atomic mass is 16.6. The molecule has 0 aliphatic heterocycles. The van der Waals surface area contributed by atoms with Crippen LogP contribution in [0.1, 0.15) is 316 Å². The average molecular weight is 1120 g/mol.